The number of benzene rings is 1. The van der Waals surface area contributed by atoms with Gasteiger partial charge < -0.3 is 15.3 Å². The van der Waals surface area contributed by atoms with E-state index in [0.29, 0.717) is 28.6 Å². The van der Waals surface area contributed by atoms with Gasteiger partial charge in [0.15, 0.2) is 5.82 Å². The van der Waals surface area contributed by atoms with Gasteiger partial charge in [0.25, 0.3) is 0 Å². The minimum Gasteiger partial charge on any atom is -0.507 e. The van der Waals surface area contributed by atoms with E-state index in [4.69, 9.17) is 0 Å². The second kappa shape index (κ2) is 8.36. The zero-order chi connectivity index (χ0) is 24.1. The number of aromatic nitrogens is 2. The SMILES string of the molecule is CNC(=O)/C=C/c1cc(O)c(-c2ccc(N(C3CC3)[C@H]3C[C@]4(C)CC[C@](C)(C3)C4)nn2)cc1F. The molecule has 0 radical (unpaired) electrons. The number of phenols is 1. The van der Waals surface area contributed by atoms with Gasteiger partial charge in [-0.2, -0.15) is 0 Å². The molecule has 34 heavy (non-hydrogen) atoms. The molecule has 2 bridgehead atoms. The Kier molecular flexibility index (Phi) is 5.61. The van der Waals surface area contributed by atoms with Gasteiger partial charge in [-0.15, -0.1) is 10.2 Å². The summed E-state index contributed by atoms with van der Waals surface area (Å²) in [5.41, 5.74) is 1.65. The van der Waals surface area contributed by atoms with E-state index in [1.807, 2.05) is 12.1 Å². The first-order chi connectivity index (χ1) is 16.2. The molecule has 0 spiro atoms. The standard InChI is InChI=1S/C27H33FN4O2/c1-26-10-11-27(2,16-26)15-19(14-26)32(18-5-6-18)24-8-7-22(30-31-24)20-13-21(28)17(12-23(20)33)4-9-25(34)29-3/h4,7-9,12-13,18-19,33H,5-6,10-11,14-16H2,1-3H3,(H,29,34)/b9-4+/t19-,26-,27+. The number of nitrogens with one attached hydrogen (secondary N) is 1. The lowest BCUT2D eigenvalue weighted by Crippen LogP contribution is -2.46. The van der Waals surface area contributed by atoms with Gasteiger partial charge in [-0.05, 0) is 86.1 Å². The van der Waals surface area contributed by atoms with Crippen LogP contribution in [-0.4, -0.2) is 40.3 Å². The van der Waals surface area contributed by atoms with Crippen LogP contribution in [0.2, 0.25) is 0 Å². The van der Waals surface area contributed by atoms with E-state index in [1.165, 1.54) is 76.3 Å². The summed E-state index contributed by atoms with van der Waals surface area (Å²) < 4.78 is 14.6. The Morgan fingerprint density at radius 2 is 1.85 bits per heavy atom. The van der Waals surface area contributed by atoms with Crippen molar-refractivity contribution in [2.45, 2.75) is 70.9 Å². The molecule has 2 N–H and O–H groups in total. The average molecular weight is 465 g/mol. The summed E-state index contributed by atoms with van der Waals surface area (Å²) in [6.07, 6.45) is 11.2. The first-order valence-corrected chi connectivity index (χ1v) is 12.2. The minimum absolute atomic E-state index is 0.108. The fourth-order valence-corrected chi connectivity index (χ4v) is 6.36. The molecule has 7 heteroatoms. The lowest BCUT2D eigenvalue weighted by atomic mass is 9.68. The number of rotatable bonds is 6. The topological polar surface area (TPSA) is 78.4 Å². The minimum atomic E-state index is -0.544. The predicted molar refractivity (Wildman–Crippen MR) is 131 cm³/mol. The maximum absolute atomic E-state index is 14.6. The van der Waals surface area contributed by atoms with Crippen LogP contribution in [-0.2, 0) is 4.79 Å². The summed E-state index contributed by atoms with van der Waals surface area (Å²) in [6.45, 7) is 4.88. The zero-order valence-corrected chi connectivity index (χ0v) is 20.1. The fourth-order valence-electron chi connectivity index (χ4n) is 6.36. The van der Waals surface area contributed by atoms with Gasteiger partial charge in [0.05, 0.1) is 5.69 Å². The van der Waals surface area contributed by atoms with Crippen molar-refractivity contribution in [3.8, 4) is 17.0 Å². The third-order valence-electron chi connectivity index (χ3n) is 7.94. The summed E-state index contributed by atoms with van der Waals surface area (Å²) in [5, 5.41) is 21.9. The molecule has 0 saturated heterocycles. The molecule has 1 amide bonds. The van der Waals surface area contributed by atoms with Gasteiger partial charge >= 0.3 is 0 Å². The number of hydrogen-bond acceptors (Lipinski definition) is 5. The molecule has 3 aliphatic carbocycles. The highest BCUT2D eigenvalue weighted by Crippen LogP contribution is 2.59. The molecule has 180 valence electrons. The number of amides is 1. The maximum atomic E-state index is 14.6. The highest BCUT2D eigenvalue weighted by molar-refractivity contribution is 5.91. The molecular formula is C27H33FN4O2. The summed E-state index contributed by atoms with van der Waals surface area (Å²) in [5.74, 6) is -0.130. The van der Waals surface area contributed by atoms with E-state index in [0.717, 1.165) is 5.82 Å². The van der Waals surface area contributed by atoms with Crippen molar-refractivity contribution in [3.05, 3.63) is 41.7 Å². The molecule has 3 aliphatic rings. The Morgan fingerprint density at radius 3 is 2.44 bits per heavy atom. The lowest BCUT2D eigenvalue weighted by Gasteiger charge is -2.45. The van der Waals surface area contributed by atoms with E-state index in [-0.39, 0.29) is 22.8 Å². The average Bonchev–Trinajstić information content (AvgIpc) is 3.60. The normalized spacial score (nSPS) is 28.3. The molecule has 2 aromatic rings. The molecule has 1 heterocycles. The first kappa shape index (κ1) is 22.8. The molecule has 0 unspecified atom stereocenters. The Morgan fingerprint density at radius 1 is 1.15 bits per heavy atom. The van der Waals surface area contributed by atoms with Crippen LogP contribution in [0, 0.1) is 16.6 Å². The monoisotopic (exact) mass is 464 g/mol. The van der Waals surface area contributed by atoms with Crippen molar-refractivity contribution in [2.75, 3.05) is 11.9 Å². The number of hydrogen-bond donors (Lipinski definition) is 2. The van der Waals surface area contributed by atoms with Crippen LogP contribution in [0.3, 0.4) is 0 Å². The number of likely N-dealkylation sites (N-methyl/N-ethyl adjacent to an activating group) is 1. The number of nitrogens with zero attached hydrogens (tertiary/aromatic N) is 3. The predicted octanol–water partition coefficient (Wildman–Crippen LogP) is 5.08. The van der Waals surface area contributed by atoms with E-state index in [9.17, 15) is 14.3 Å². The Bertz CT molecular complexity index is 1110. The first-order valence-electron chi connectivity index (χ1n) is 12.2. The number of carbonyl (C=O) groups excluding carboxylic acids is 1. The number of carbonyl (C=O) groups is 1. The van der Waals surface area contributed by atoms with Gasteiger partial charge in [0.2, 0.25) is 5.91 Å². The lowest BCUT2D eigenvalue weighted by molar-refractivity contribution is -0.115. The van der Waals surface area contributed by atoms with Crippen molar-refractivity contribution < 1.29 is 14.3 Å². The maximum Gasteiger partial charge on any atom is 0.243 e. The molecule has 1 aromatic heterocycles. The van der Waals surface area contributed by atoms with Crippen molar-refractivity contribution in [1.82, 2.24) is 15.5 Å². The largest absolute Gasteiger partial charge is 0.507 e. The van der Waals surface area contributed by atoms with Crippen molar-refractivity contribution in [2.24, 2.45) is 10.8 Å². The van der Waals surface area contributed by atoms with Crippen LogP contribution < -0.4 is 10.2 Å². The van der Waals surface area contributed by atoms with E-state index < -0.39 is 5.82 Å². The second-order valence-corrected chi connectivity index (χ2v) is 11.1. The Labute approximate surface area is 200 Å². The molecule has 3 fully saturated rings. The van der Waals surface area contributed by atoms with Crippen LogP contribution >= 0.6 is 0 Å². The van der Waals surface area contributed by atoms with Crippen molar-refractivity contribution >= 4 is 17.8 Å². The highest BCUT2D eigenvalue weighted by atomic mass is 19.1. The summed E-state index contributed by atoms with van der Waals surface area (Å²) in [6, 6.07) is 7.30. The van der Waals surface area contributed by atoms with Gasteiger partial charge in [-0.1, -0.05) is 13.8 Å². The number of aromatic hydroxyl groups is 1. The Balaban J connectivity index is 1.39. The third-order valence-corrected chi connectivity index (χ3v) is 7.94. The molecular weight excluding hydrogens is 431 g/mol. The zero-order valence-electron chi connectivity index (χ0n) is 20.1. The number of fused-ring (bicyclic) bond motifs is 2. The summed E-state index contributed by atoms with van der Waals surface area (Å²) >= 11 is 0. The quantitative estimate of drug-likeness (QED) is 0.583. The number of phenolic OH excluding ortho intramolecular Hbond substituents is 1. The van der Waals surface area contributed by atoms with Gasteiger partial charge in [-0.3, -0.25) is 4.79 Å². The summed E-state index contributed by atoms with van der Waals surface area (Å²) in [7, 11) is 1.50. The molecule has 3 atom stereocenters. The third kappa shape index (κ3) is 4.40. The molecule has 1 aromatic carbocycles. The van der Waals surface area contributed by atoms with Crippen molar-refractivity contribution in [1.29, 1.82) is 0 Å². The van der Waals surface area contributed by atoms with Crippen LogP contribution in [0.1, 0.15) is 64.4 Å². The molecule has 3 saturated carbocycles. The highest BCUT2D eigenvalue weighted by Gasteiger charge is 2.52. The molecule has 5 rings (SSSR count). The van der Waals surface area contributed by atoms with Crippen LogP contribution in [0.4, 0.5) is 10.2 Å². The van der Waals surface area contributed by atoms with Crippen LogP contribution in [0.25, 0.3) is 17.3 Å². The number of halogens is 1. The number of anilines is 1. The molecule has 0 aliphatic heterocycles. The van der Waals surface area contributed by atoms with E-state index in [1.54, 1.807) is 0 Å². The molecule has 6 nitrogen and oxygen atoms in total. The van der Waals surface area contributed by atoms with Gasteiger partial charge in [0, 0.05) is 36.3 Å². The van der Waals surface area contributed by atoms with E-state index >= 15 is 0 Å². The fraction of sp³-hybridized carbons (Fsp3) is 0.519. The van der Waals surface area contributed by atoms with Crippen LogP contribution in [0.5, 0.6) is 5.75 Å². The smallest absolute Gasteiger partial charge is 0.243 e. The van der Waals surface area contributed by atoms with Crippen molar-refractivity contribution in [3.63, 3.8) is 0 Å². The Hall–Kier alpha value is -2.96. The van der Waals surface area contributed by atoms with Gasteiger partial charge in [-0.25, -0.2) is 4.39 Å². The van der Waals surface area contributed by atoms with E-state index in [2.05, 4.69) is 34.3 Å². The van der Waals surface area contributed by atoms with Crippen LogP contribution in [0.15, 0.2) is 30.3 Å². The summed E-state index contributed by atoms with van der Waals surface area (Å²) in [4.78, 5) is 13.9. The van der Waals surface area contributed by atoms with Gasteiger partial charge in [0.1, 0.15) is 11.6 Å². The second-order valence-electron chi connectivity index (χ2n) is 11.1.